The van der Waals surface area contributed by atoms with Crippen molar-refractivity contribution >= 4 is 28.5 Å². The molecule has 0 unspecified atom stereocenters. The average molecular weight is 378 g/mol. The second-order valence-corrected chi connectivity index (χ2v) is 7.40. The van der Waals surface area contributed by atoms with E-state index >= 15 is 0 Å². The molecule has 0 aliphatic heterocycles. The van der Waals surface area contributed by atoms with E-state index in [-0.39, 0.29) is 30.8 Å². The zero-order valence-corrected chi connectivity index (χ0v) is 16.7. The molecule has 0 aliphatic rings. The van der Waals surface area contributed by atoms with Gasteiger partial charge in [0.15, 0.2) is 0 Å². The standard InChI is InChI=1S/C22H26N4O2/c1-14(2)22(28)23-12-20-25-18-7-5-6-8-19(18)26(20)13-21(27)24-17-10-15(3)9-16(4)11-17/h5-11,14H,12-13H2,1-4H3,(H,23,28)(H,24,27). The van der Waals surface area contributed by atoms with Gasteiger partial charge >= 0.3 is 0 Å². The number of hydrogen-bond donors (Lipinski definition) is 2. The van der Waals surface area contributed by atoms with E-state index in [1.54, 1.807) is 0 Å². The van der Waals surface area contributed by atoms with E-state index in [0.29, 0.717) is 5.82 Å². The third kappa shape index (κ3) is 4.57. The van der Waals surface area contributed by atoms with E-state index in [0.717, 1.165) is 27.8 Å². The molecule has 0 aliphatic carbocycles. The van der Waals surface area contributed by atoms with Crippen LogP contribution >= 0.6 is 0 Å². The van der Waals surface area contributed by atoms with Crippen LogP contribution < -0.4 is 10.6 Å². The Labute approximate surface area is 165 Å². The fourth-order valence-electron chi connectivity index (χ4n) is 3.20. The fraction of sp³-hybridized carbons (Fsp3) is 0.318. The third-order valence-corrected chi connectivity index (χ3v) is 4.49. The highest BCUT2D eigenvalue weighted by molar-refractivity contribution is 5.92. The Kier molecular flexibility index (Phi) is 5.78. The van der Waals surface area contributed by atoms with Crippen molar-refractivity contribution in [1.29, 1.82) is 0 Å². The molecule has 2 N–H and O–H groups in total. The van der Waals surface area contributed by atoms with Crippen molar-refractivity contribution in [2.75, 3.05) is 5.32 Å². The van der Waals surface area contributed by atoms with Crippen LogP contribution in [0, 0.1) is 19.8 Å². The lowest BCUT2D eigenvalue weighted by atomic mass is 10.1. The summed E-state index contributed by atoms with van der Waals surface area (Å²) in [6.45, 7) is 8.09. The van der Waals surface area contributed by atoms with Crippen LogP contribution in [0.25, 0.3) is 11.0 Å². The first-order chi connectivity index (χ1) is 13.3. The normalized spacial score (nSPS) is 11.0. The van der Waals surface area contributed by atoms with Gasteiger partial charge in [-0.05, 0) is 49.2 Å². The quantitative estimate of drug-likeness (QED) is 0.689. The van der Waals surface area contributed by atoms with Gasteiger partial charge in [0.1, 0.15) is 12.4 Å². The second-order valence-electron chi connectivity index (χ2n) is 7.40. The minimum Gasteiger partial charge on any atom is -0.349 e. The van der Waals surface area contributed by atoms with Gasteiger partial charge in [0.25, 0.3) is 0 Å². The Bertz CT molecular complexity index is 1000. The van der Waals surface area contributed by atoms with Gasteiger partial charge in [0.05, 0.1) is 17.6 Å². The number of carbonyl (C=O) groups excluding carboxylic acids is 2. The number of carbonyl (C=O) groups is 2. The molecule has 0 atom stereocenters. The maximum absolute atomic E-state index is 12.7. The highest BCUT2D eigenvalue weighted by Gasteiger charge is 2.15. The summed E-state index contributed by atoms with van der Waals surface area (Å²) < 4.78 is 1.86. The molecule has 0 saturated carbocycles. The summed E-state index contributed by atoms with van der Waals surface area (Å²) in [5.41, 5.74) is 4.64. The molecule has 28 heavy (non-hydrogen) atoms. The van der Waals surface area contributed by atoms with E-state index in [4.69, 9.17) is 0 Å². The molecule has 2 aromatic carbocycles. The molecule has 3 aromatic rings. The highest BCUT2D eigenvalue weighted by atomic mass is 16.2. The number of amides is 2. The lowest BCUT2D eigenvalue weighted by Gasteiger charge is -2.12. The van der Waals surface area contributed by atoms with E-state index in [1.165, 1.54) is 0 Å². The summed E-state index contributed by atoms with van der Waals surface area (Å²) in [7, 11) is 0. The average Bonchev–Trinajstić information content (AvgIpc) is 2.96. The number of benzene rings is 2. The number of para-hydroxylation sites is 2. The summed E-state index contributed by atoms with van der Waals surface area (Å²) >= 11 is 0. The number of rotatable bonds is 6. The molecule has 6 heteroatoms. The van der Waals surface area contributed by atoms with Gasteiger partial charge in [-0.15, -0.1) is 0 Å². The molecule has 6 nitrogen and oxygen atoms in total. The minimum atomic E-state index is -0.135. The zero-order chi connectivity index (χ0) is 20.3. The van der Waals surface area contributed by atoms with E-state index < -0.39 is 0 Å². The van der Waals surface area contributed by atoms with Crippen molar-refractivity contribution < 1.29 is 9.59 Å². The number of nitrogens with one attached hydrogen (secondary N) is 2. The molecular weight excluding hydrogens is 352 g/mol. The van der Waals surface area contributed by atoms with Crippen molar-refractivity contribution in [2.24, 2.45) is 5.92 Å². The Morgan fingerprint density at radius 3 is 2.43 bits per heavy atom. The first-order valence-electron chi connectivity index (χ1n) is 9.43. The first kappa shape index (κ1) is 19.6. The zero-order valence-electron chi connectivity index (χ0n) is 16.7. The number of hydrogen-bond acceptors (Lipinski definition) is 3. The molecule has 0 bridgehead atoms. The van der Waals surface area contributed by atoms with Gasteiger partial charge in [-0.3, -0.25) is 9.59 Å². The molecule has 0 fully saturated rings. The molecule has 0 radical (unpaired) electrons. The van der Waals surface area contributed by atoms with Crippen molar-refractivity contribution in [2.45, 2.75) is 40.8 Å². The lowest BCUT2D eigenvalue weighted by molar-refractivity contribution is -0.124. The highest BCUT2D eigenvalue weighted by Crippen LogP contribution is 2.18. The Morgan fingerprint density at radius 2 is 1.75 bits per heavy atom. The van der Waals surface area contributed by atoms with Gasteiger partial charge in [0, 0.05) is 11.6 Å². The molecule has 146 valence electrons. The molecule has 1 heterocycles. The second kappa shape index (κ2) is 8.25. The molecular formula is C22H26N4O2. The van der Waals surface area contributed by atoms with Gasteiger partial charge in [-0.1, -0.05) is 32.0 Å². The molecule has 2 amide bonds. The van der Waals surface area contributed by atoms with Crippen LogP contribution in [-0.4, -0.2) is 21.4 Å². The van der Waals surface area contributed by atoms with E-state index in [1.807, 2.05) is 68.7 Å². The third-order valence-electron chi connectivity index (χ3n) is 4.49. The smallest absolute Gasteiger partial charge is 0.244 e. The van der Waals surface area contributed by atoms with Gasteiger partial charge in [0.2, 0.25) is 11.8 Å². The predicted octanol–water partition coefficient (Wildman–Crippen LogP) is 3.56. The number of imidazole rings is 1. The number of nitrogens with zero attached hydrogens (tertiary/aromatic N) is 2. The Balaban J connectivity index is 1.83. The number of aromatic nitrogens is 2. The van der Waals surface area contributed by atoms with E-state index in [2.05, 4.69) is 21.7 Å². The van der Waals surface area contributed by atoms with Gasteiger partial charge in [-0.2, -0.15) is 0 Å². The number of fused-ring (bicyclic) bond motifs is 1. The van der Waals surface area contributed by atoms with Crippen molar-refractivity contribution in [3.8, 4) is 0 Å². The predicted molar refractivity (Wildman–Crippen MR) is 111 cm³/mol. The van der Waals surface area contributed by atoms with Crippen LogP contribution in [0.5, 0.6) is 0 Å². The van der Waals surface area contributed by atoms with Gasteiger partial charge < -0.3 is 15.2 Å². The van der Waals surface area contributed by atoms with Crippen molar-refractivity contribution in [1.82, 2.24) is 14.9 Å². The maximum atomic E-state index is 12.7. The molecule has 0 spiro atoms. The monoisotopic (exact) mass is 378 g/mol. The van der Waals surface area contributed by atoms with Crippen LogP contribution in [0.1, 0.15) is 30.8 Å². The largest absolute Gasteiger partial charge is 0.349 e. The fourth-order valence-corrected chi connectivity index (χ4v) is 3.20. The van der Waals surface area contributed by atoms with Gasteiger partial charge in [-0.25, -0.2) is 4.98 Å². The summed E-state index contributed by atoms with van der Waals surface area (Å²) in [4.78, 5) is 29.2. The summed E-state index contributed by atoms with van der Waals surface area (Å²) in [6, 6.07) is 13.6. The Hall–Kier alpha value is -3.15. The van der Waals surface area contributed by atoms with Crippen LogP contribution in [0.3, 0.4) is 0 Å². The summed E-state index contributed by atoms with van der Waals surface area (Å²) in [6.07, 6.45) is 0. The van der Waals surface area contributed by atoms with Crippen LogP contribution in [0.15, 0.2) is 42.5 Å². The SMILES string of the molecule is Cc1cc(C)cc(NC(=O)Cn2c(CNC(=O)C(C)C)nc3ccccc32)c1. The van der Waals surface area contributed by atoms with E-state index in [9.17, 15) is 9.59 Å². The van der Waals surface area contributed by atoms with Crippen molar-refractivity contribution in [3.05, 3.63) is 59.4 Å². The molecule has 1 aromatic heterocycles. The van der Waals surface area contributed by atoms with Crippen molar-refractivity contribution in [3.63, 3.8) is 0 Å². The van der Waals surface area contributed by atoms with Crippen LogP contribution in [-0.2, 0) is 22.7 Å². The number of aryl methyl sites for hydroxylation is 2. The first-order valence-corrected chi connectivity index (χ1v) is 9.43. The maximum Gasteiger partial charge on any atom is 0.244 e. The van der Waals surface area contributed by atoms with Crippen LogP contribution in [0.2, 0.25) is 0 Å². The molecule has 3 rings (SSSR count). The Morgan fingerprint density at radius 1 is 1.07 bits per heavy atom. The topological polar surface area (TPSA) is 76.0 Å². The minimum absolute atomic E-state index is 0.0432. The number of anilines is 1. The molecule has 0 saturated heterocycles. The lowest BCUT2D eigenvalue weighted by Crippen LogP contribution is -2.29. The summed E-state index contributed by atoms with van der Waals surface area (Å²) in [5, 5.41) is 5.85. The van der Waals surface area contributed by atoms with Crippen LogP contribution in [0.4, 0.5) is 5.69 Å². The summed E-state index contributed by atoms with van der Waals surface area (Å²) in [5.74, 6) is 0.374.